The molecule has 0 bridgehead atoms. The van der Waals surface area contributed by atoms with Crippen molar-refractivity contribution in [3.8, 4) is 6.07 Å². The first-order valence-electron chi connectivity index (χ1n) is 8.88. The van der Waals surface area contributed by atoms with E-state index >= 15 is 0 Å². The number of anilines is 1. The molecule has 0 saturated heterocycles. The second kappa shape index (κ2) is 6.36. The number of hydrogen-bond donors (Lipinski definition) is 1. The number of nitrogens with one attached hydrogen (secondary N) is 1. The van der Waals surface area contributed by atoms with Crippen LogP contribution in [0.25, 0.3) is 0 Å². The molecule has 136 valence electrons. The second-order valence-electron chi connectivity index (χ2n) is 7.76. The van der Waals surface area contributed by atoms with Gasteiger partial charge in [-0.1, -0.05) is 19.9 Å². The molecule has 4 rings (SSSR count). The molecule has 5 nitrogen and oxygen atoms in total. The molecule has 0 radical (unpaired) electrons. The Labute approximate surface area is 162 Å². The molecule has 2 aromatic heterocycles. The molecule has 0 amide bonds. The summed E-state index contributed by atoms with van der Waals surface area (Å²) in [6, 6.07) is 10.0. The average Bonchev–Trinajstić information content (AvgIpc) is 3.14. The zero-order valence-electron chi connectivity index (χ0n) is 15.3. The van der Waals surface area contributed by atoms with Gasteiger partial charge in [0.05, 0.1) is 17.6 Å². The molecule has 1 aliphatic carbocycles. The number of carbonyl (C=O) groups is 1. The predicted octanol–water partition coefficient (Wildman–Crippen LogP) is 3.50. The van der Waals surface area contributed by atoms with E-state index in [4.69, 9.17) is 5.73 Å². The number of carbonyl (C=O) groups excluding carboxylic acids is 1. The van der Waals surface area contributed by atoms with Crippen molar-refractivity contribution >= 4 is 22.8 Å². The molecule has 0 saturated carbocycles. The lowest BCUT2D eigenvalue weighted by atomic mass is 9.69. The minimum Gasteiger partial charge on any atom is -0.384 e. The number of nitrogens with two attached hydrogens (primary N) is 1. The summed E-state index contributed by atoms with van der Waals surface area (Å²) in [5, 5.41) is 11.9. The van der Waals surface area contributed by atoms with Gasteiger partial charge in [-0.15, -0.1) is 11.3 Å². The van der Waals surface area contributed by atoms with E-state index in [1.165, 1.54) is 0 Å². The summed E-state index contributed by atoms with van der Waals surface area (Å²) in [6.07, 6.45) is 4.85. The first kappa shape index (κ1) is 17.5. The van der Waals surface area contributed by atoms with Crippen molar-refractivity contribution in [3.63, 3.8) is 0 Å². The van der Waals surface area contributed by atoms with Crippen LogP contribution in [-0.4, -0.2) is 5.78 Å². The molecule has 3 N–H and O–H groups in total. The van der Waals surface area contributed by atoms with Gasteiger partial charge in [-0.3, -0.25) is 9.69 Å². The molecule has 1 aliphatic heterocycles. The molecule has 2 aliphatic rings. The molecule has 1 atom stereocenters. The Morgan fingerprint density at radius 3 is 2.78 bits per heavy atom. The van der Waals surface area contributed by atoms with Crippen LogP contribution in [0.5, 0.6) is 0 Å². The lowest BCUT2D eigenvalue weighted by Crippen LogP contribution is -2.42. The summed E-state index contributed by atoms with van der Waals surface area (Å²) in [5.41, 5.74) is 9.26. The van der Waals surface area contributed by atoms with Crippen LogP contribution < -0.4 is 15.6 Å². The Balaban J connectivity index is 2.00. The number of aromatic nitrogens is 1. The van der Waals surface area contributed by atoms with E-state index in [9.17, 15) is 10.1 Å². The number of nitriles is 1. The van der Waals surface area contributed by atoms with Gasteiger partial charge >= 0.3 is 0 Å². The Morgan fingerprint density at radius 2 is 2.15 bits per heavy atom. The lowest BCUT2D eigenvalue weighted by molar-refractivity contribution is -0.377. The van der Waals surface area contributed by atoms with Crippen molar-refractivity contribution in [1.29, 1.82) is 5.26 Å². The van der Waals surface area contributed by atoms with Gasteiger partial charge in [-0.05, 0) is 29.3 Å². The maximum absolute atomic E-state index is 13.2. The molecule has 0 fully saturated rings. The topological polar surface area (TPSA) is 84.3 Å². The highest BCUT2D eigenvalue weighted by Gasteiger charge is 2.45. The van der Waals surface area contributed by atoms with Crippen molar-refractivity contribution < 1.29 is 9.78 Å². The number of aromatic amines is 1. The number of hydrogen-bond acceptors (Lipinski definition) is 5. The zero-order chi connectivity index (χ0) is 19.2. The van der Waals surface area contributed by atoms with Crippen molar-refractivity contribution in [2.75, 3.05) is 4.90 Å². The molecule has 1 unspecified atom stereocenters. The predicted molar refractivity (Wildman–Crippen MR) is 104 cm³/mol. The minimum absolute atomic E-state index is 0.102. The molecule has 3 heterocycles. The molecule has 6 heteroatoms. The molecular formula is C21H21N4OS+. The molecule has 2 aromatic rings. The monoisotopic (exact) mass is 377 g/mol. The Hall–Kier alpha value is -2.91. The van der Waals surface area contributed by atoms with Crippen LogP contribution in [0.15, 0.2) is 64.7 Å². The van der Waals surface area contributed by atoms with Gasteiger partial charge in [-0.25, -0.2) is 4.98 Å². The van der Waals surface area contributed by atoms with Crippen LogP contribution in [0.3, 0.4) is 0 Å². The number of thiophene rings is 1. The van der Waals surface area contributed by atoms with Crippen LogP contribution in [0.4, 0.5) is 5.69 Å². The third-order valence-corrected chi connectivity index (χ3v) is 6.09. The first-order valence-corrected chi connectivity index (χ1v) is 9.76. The summed E-state index contributed by atoms with van der Waals surface area (Å²) in [6.45, 7) is 4.20. The first-order chi connectivity index (χ1) is 12.9. The summed E-state index contributed by atoms with van der Waals surface area (Å²) < 4.78 is 0. The van der Waals surface area contributed by atoms with Gasteiger partial charge in [0.15, 0.2) is 18.2 Å². The maximum atomic E-state index is 13.2. The molecule has 0 aromatic carbocycles. The fourth-order valence-corrected chi connectivity index (χ4v) is 4.91. The van der Waals surface area contributed by atoms with Crippen molar-refractivity contribution in [2.24, 2.45) is 11.1 Å². The van der Waals surface area contributed by atoms with Gasteiger partial charge in [-0.2, -0.15) is 5.26 Å². The van der Waals surface area contributed by atoms with Gasteiger partial charge in [0.25, 0.3) is 0 Å². The van der Waals surface area contributed by atoms with Gasteiger partial charge < -0.3 is 5.73 Å². The van der Waals surface area contributed by atoms with E-state index in [1.807, 2.05) is 46.9 Å². The van der Waals surface area contributed by atoms with Crippen molar-refractivity contribution in [3.05, 3.63) is 69.6 Å². The van der Waals surface area contributed by atoms with E-state index in [0.717, 1.165) is 22.7 Å². The SMILES string of the molecule is CC1(C)CC(=O)C2=C(C1)N(c1ccc[nH+]c1)C(N)=C(C#N)C2c1cccs1. The van der Waals surface area contributed by atoms with E-state index in [0.29, 0.717) is 23.4 Å². The van der Waals surface area contributed by atoms with Gasteiger partial charge in [0, 0.05) is 28.6 Å². The number of H-pyrrole nitrogens is 1. The smallest absolute Gasteiger partial charge is 0.191 e. The fourth-order valence-electron chi connectivity index (χ4n) is 4.07. The van der Waals surface area contributed by atoms with Crippen LogP contribution >= 0.6 is 11.3 Å². The Bertz CT molecular complexity index is 997. The van der Waals surface area contributed by atoms with Crippen LogP contribution in [-0.2, 0) is 4.79 Å². The van der Waals surface area contributed by atoms with Crippen molar-refractivity contribution in [2.45, 2.75) is 32.6 Å². The largest absolute Gasteiger partial charge is 0.384 e. The van der Waals surface area contributed by atoms with E-state index in [2.05, 4.69) is 24.9 Å². The molecule has 27 heavy (non-hydrogen) atoms. The summed E-state index contributed by atoms with van der Waals surface area (Å²) in [7, 11) is 0. The van der Waals surface area contributed by atoms with Crippen LogP contribution in [0.1, 0.15) is 37.5 Å². The highest BCUT2D eigenvalue weighted by molar-refractivity contribution is 7.10. The standard InChI is InChI=1S/C21H20N4OS/c1-21(2)9-15-19(16(26)10-21)18(17-6-4-8-27-17)14(11-22)20(23)25(15)13-5-3-7-24-12-13/h3-8,12,18H,9-10,23H2,1-2H3/p+1. The number of allylic oxidation sites excluding steroid dienone is 3. The zero-order valence-corrected chi connectivity index (χ0v) is 16.1. The average molecular weight is 377 g/mol. The van der Waals surface area contributed by atoms with E-state index in [-0.39, 0.29) is 17.1 Å². The van der Waals surface area contributed by atoms with Crippen LogP contribution in [0.2, 0.25) is 0 Å². The number of pyridine rings is 1. The molecule has 0 spiro atoms. The summed E-state index contributed by atoms with van der Waals surface area (Å²) in [5.74, 6) is 0.127. The van der Waals surface area contributed by atoms with E-state index in [1.54, 1.807) is 11.3 Å². The normalized spacial score (nSPS) is 21.9. The summed E-state index contributed by atoms with van der Waals surface area (Å²) in [4.78, 5) is 19.2. The number of ketones is 1. The fraction of sp³-hybridized carbons (Fsp3) is 0.286. The minimum atomic E-state index is -0.377. The number of rotatable bonds is 2. The lowest BCUT2D eigenvalue weighted by Gasteiger charge is -2.43. The van der Waals surface area contributed by atoms with E-state index < -0.39 is 0 Å². The van der Waals surface area contributed by atoms with Gasteiger partial charge in [0.2, 0.25) is 0 Å². The number of nitrogens with zero attached hydrogens (tertiary/aromatic N) is 2. The Morgan fingerprint density at radius 1 is 1.33 bits per heavy atom. The quantitative estimate of drug-likeness (QED) is 0.868. The van der Waals surface area contributed by atoms with Crippen LogP contribution in [0, 0.1) is 16.7 Å². The summed E-state index contributed by atoms with van der Waals surface area (Å²) >= 11 is 1.55. The highest BCUT2D eigenvalue weighted by Crippen LogP contribution is 2.50. The Kier molecular flexibility index (Phi) is 4.12. The maximum Gasteiger partial charge on any atom is 0.191 e. The van der Waals surface area contributed by atoms with Gasteiger partial charge in [0.1, 0.15) is 11.5 Å². The van der Waals surface area contributed by atoms with Crippen molar-refractivity contribution in [1.82, 2.24) is 0 Å². The third-order valence-electron chi connectivity index (χ3n) is 5.16. The highest BCUT2D eigenvalue weighted by atomic mass is 32.1. The third kappa shape index (κ3) is 2.84. The molecular weight excluding hydrogens is 356 g/mol. The second-order valence-corrected chi connectivity index (χ2v) is 8.74. The number of Topliss-reactive ketones (excluding diaryl/α,β-unsaturated/α-hetero) is 1.